The van der Waals surface area contributed by atoms with Crippen molar-refractivity contribution in [2.24, 2.45) is 5.92 Å². The molecule has 1 nitrogen and oxygen atoms in total. The second-order valence-electron chi connectivity index (χ2n) is 4.71. The lowest BCUT2D eigenvalue weighted by Gasteiger charge is -2.15. The maximum atomic E-state index is 9.72. The van der Waals surface area contributed by atoms with Crippen molar-refractivity contribution in [3.8, 4) is 0 Å². The van der Waals surface area contributed by atoms with Crippen LogP contribution in [0.25, 0.3) is 0 Å². The first-order valence-electron chi connectivity index (χ1n) is 6.04. The minimum absolute atomic E-state index is 0.0278. The van der Waals surface area contributed by atoms with Crippen molar-refractivity contribution in [2.45, 2.75) is 51.0 Å². The highest BCUT2D eigenvalue weighted by Gasteiger charge is 2.17. The quantitative estimate of drug-likeness (QED) is 0.777. The van der Waals surface area contributed by atoms with Crippen molar-refractivity contribution in [1.29, 1.82) is 0 Å². The van der Waals surface area contributed by atoms with E-state index in [0.29, 0.717) is 0 Å². The molecule has 2 heteroatoms. The van der Waals surface area contributed by atoms with Gasteiger partial charge in [0.05, 0.1) is 6.10 Å². The Morgan fingerprint density at radius 1 is 1.33 bits per heavy atom. The first-order valence-corrected chi connectivity index (χ1v) is 6.98. The number of thiophene rings is 1. The van der Waals surface area contributed by atoms with Gasteiger partial charge in [-0.1, -0.05) is 19.3 Å². The SMILES string of the molecule is OC1CCCCC(CCc2ccsc2)C1. The molecule has 1 heterocycles. The topological polar surface area (TPSA) is 20.2 Å². The van der Waals surface area contributed by atoms with E-state index >= 15 is 0 Å². The lowest BCUT2D eigenvalue weighted by molar-refractivity contribution is 0.139. The average Bonchev–Trinajstić information content (AvgIpc) is 2.65. The van der Waals surface area contributed by atoms with Gasteiger partial charge in [0, 0.05) is 0 Å². The summed E-state index contributed by atoms with van der Waals surface area (Å²) in [6.45, 7) is 0. The Morgan fingerprint density at radius 2 is 2.20 bits per heavy atom. The van der Waals surface area contributed by atoms with Crippen LogP contribution in [0.4, 0.5) is 0 Å². The molecule has 0 aromatic carbocycles. The van der Waals surface area contributed by atoms with E-state index in [4.69, 9.17) is 0 Å². The van der Waals surface area contributed by atoms with Gasteiger partial charge in [0.15, 0.2) is 0 Å². The first-order chi connectivity index (χ1) is 7.34. The molecule has 2 unspecified atom stereocenters. The van der Waals surface area contributed by atoms with Crippen LogP contribution in [-0.4, -0.2) is 11.2 Å². The molecule has 1 fully saturated rings. The summed E-state index contributed by atoms with van der Waals surface area (Å²) in [4.78, 5) is 0. The first kappa shape index (κ1) is 11.2. The van der Waals surface area contributed by atoms with E-state index in [1.54, 1.807) is 11.3 Å². The van der Waals surface area contributed by atoms with Gasteiger partial charge in [0.1, 0.15) is 0 Å². The van der Waals surface area contributed by atoms with Crippen molar-refractivity contribution < 1.29 is 5.11 Å². The molecule has 1 saturated carbocycles. The molecule has 1 aromatic heterocycles. The fraction of sp³-hybridized carbons (Fsp3) is 0.692. The predicted molar refractivity (Wildman–Crippen MR) is 65.2 cm³/mol. The van der Waals surface area contributed by atoms with Crippen LogP contribution >= 0.6 is 11.3 Å². The molecule has 1 aromatic rings. The van der Waals surface area contributed by atoms with E-state index in [-0.39, 0.29) is 6.10 Å². The van der Waals surface area contributed by atoms with E-state index in [2.05, 4.69) is 16.8 Å². The molecule has 84 valence electrons. The van der Waals surface area contributed by atoms with Gasteiger partial charge in [-0.2, -0.15) is 11.3 Å². The Labute approximate surface area is 96.1 Å². The van der Waals surface area contributed by atoms with Crippen molar-refractivity contribution in [3.63, 3.8) is 0 Å². The van der Waals surface area contributed by atoms with Gasteiger partial charge in [-0.25, -0.2) is 0 Å². The third kappa shape index (κ3) is 3.62. The van der Waals surface area contributed by atoms with Crippen LogP contribution in [0.15, 0.2) is 16.8 Å². The fourth-order valence-electron chi connectivity index (χ4n) is 2.50. The second kappa shape index (κ2) is 5.66. The Hall–Kier alpha value is -0.340. The lowest BCUT2D eigenvalue weighted by atomic mass is 9.93. The van der Waals surface area contributed by atoms with E-state index < -0.39 is 0 Å². The summed E-state index contributed by atoms with van der Waals surface area (Å²) in [6.07, 6.45) is 8.33. The summed E-state index contributed by atoms with van der Waals surface area (Å²) in [7, 11) is 0. The van der Waals surface area contributed by atoms with Gasteiger partial charge in [0.25, 0.3) is 0 Å². The summed E-state index contributed by atoms with van der Waals surface area (Å²) in [5, 5.41) is 14.1. The molecule has 0 spiro atoms. The predicted octanol–water partition coefficient (Wildman–Crippen LogP) is 3.62. The summed E-state index contributed by atoms with van der Waals surface area (Å²) in [6, 6.07) is 2.22. The van der Waals surface area contributed by atoms with Gasteiger partial charge in [0.2, 0.25) is 0 Å². The standard InChI is InChI=1S/C13H20OS/c14-13-4-2-1-3-11(9-13)5-6-12-7-8-15-10-12/h7-8,10-11,13-14H,1-6,9H2. The van der Waals surface area contributed by atoms with Crippen LogP contribution in [0.5, 0.6) is 0 Å². The molecule has 1 aliphatic carbocycles. The largest absolute Gasteiger partial charge is 0.393 e. The Bertz CT molecular complexity index is 268. The summed E-state index contributed by atoms with van der Waals surface area (Å²) < 4.78 is 0. The molecular formula is C13H20OS. The zero-order valence-corrected chi connectivity index (χ0v) is 10.0. The zero-order valence-electron chi connectivity index (χ0n) is 9.19. The number of rotatable bonds is 3. The van der Waals surface area contributed by atoms with Gasteiger partial charge in [-0.15, -0.1) is 0 Å². The summed E-state index contributed by atoms with van der Waals surface area (Å²) in [5.74, 6) is 0.752. The van der Waals surface area contributed by atoms with Crippen LogP contribution in [-0.2, 0) is 6.42 Å². The highest BCUT2D eigenvalue weighted by Crippen LogP contribution is 2.27. The van der Waals surface area contributed by atoms with Crippen molar-refractivity contribution in [3.05, 3.63) is 22.4 Å². The molecule has 1 N–H and O–H groups in total. The van der Waals surface area contributed by atoms with Crippen molar-refractivity contribution in [1.82, 2.24) is 0 Å². The Kier molecular flexibility index (Phi) is 4.21. The lowest BCUT2D eigenvalue weighted by Crippen LogP contribution is -2.11. The van der Waals surface area contributed by atoms with E-state index in [1.165, 1.54) is 37.7 Å². The van der Waals surface area contributed by atoms with Gasteiger partial charge < -0.3 is 5.11 Å². The monoisotopic (exact) mass is 224 g/mol. The number of hydrogen-bond acceptors (Lipinski definition) is 2. The summed E-state index contributed by atoms with van der Waals surface area (Å²) in [5.41, 5.74) is 1.47. The third-order valence-electron chi connectivity index (χ3n) is 3.43. The van der Waals surface area contributed by atoms with E-state index in [9.17, 15) is 5.11 Å². The zero-order chi connectivity index (χ0) is 10.5. The minimum atomic E-state index is -0.0278. The molecule has 15 heavy (non-hydrogen) atoms. The van der Waals surface area contributed by atoms with Crippen molar-refractivity contribution >= 4 is 11.3 Å². The Balaban J connectivity index is 1.78. The molecular weight excluding hydrogens is 204 g/mol. The summed E-state index contributed by atoms with van der Waals surface area (Å²) >= 11 is 1.78. The Morgan fingerprint density at radius 3 is 3.00 bits per heavy atom. The molecule has 2 atom stereocenters. The number of aryl methyl sites for hydroxylation is 1. The molecule has 0 aliphatic heterocycles. The third-order valence-corrected chi connectivity index (χ3v) is 4.16. The number of hydrogen-bond donors (Lipinski definition) is 1. The van der Waals surface area contributed by atoms with Gasteiger partial charge in [-0.3, -0.25) is 0 Å². The highest BCUT2D eigenvalue weighted by atomic mass is 32.1. The van der Waals surface area contributed by atoms with Crippen LogP contribution in [0, 0.1) is 5.92 Å². The molecule has 0 amide bonds. The molecule has 0 radical (unpaired) electrons. The fourth-order valence-corrected chi connectivity index (χ4v) is 3.20. The maximum absolute atomic E-state index is 9.72. The molecule has 1 aliphatic rings. The van der Waals surface area contributed by atoms with Crippen molar-refractivity contribution in [2.75, 3.05) is 0 Å². The minimum Gasteiger partial charge on any atom is -0.393 e. The van der Waals surface area contributed by atoms with Crippen LogP contribution < -0.4 is 0 Å². The number of aliphatic hydroxyl groups is 1. The van der Waals surface area contributed by atoms with E-state index in [1.807, 2.05) is 0 Å². The molecule has 0 bridgehead atoms. The number of aliphatic hydroxyl groups excluding tert-OH is 1. The van der Waals surface area contributed by atoms with Crippen LogP contribution in [0.3, 0.4) is 0 Å². The second-order valence-corrected chi connectivity index (χ2v) is 5.49. The maximum Gasteiger partial charge on any atom is 0.0542 e. The van der Waals surface area contributed by atoms with Gasteiger partial charge >= 0.3 is 0 Å². The molecule has 2 rings (SSSR count). The average molecular weight is 224 g/mol. The highest BCUT2D eigenvalue weighted by molar-refractivity contribution is 7.07. The van der Waals surface area contributed by atoms with Gasteiger partial charge in [-0.05, 0) is 54.0 Å². The van der Waals surface area contributed by atoms with Crippen LogP contribution in [0.1, 0.15) is 44.1 Å². The normalized spacial score (nSPS) is 27.5. The van der Waals surface area contributed by atoms with Crippen LogP contribution in [0.2, 0.25) is 0 Å². The molecule has 0 saturated heterocycles. The smallest absolute Gasteiger partial charge is 0.0542 e. The van der Waals surface area contributed by atoms with E-state index in [0.717, 1.165) is 18.8 Å².